The summed E-state index contributed by atoms with van der Waals surface area (Å²) in [5, 5.41) is 3.40. The maximum Gasteiger partial charge on any atom is 0.264 e. The van der Waals surface area contributed by atoms with Crippen LogP contribution in [0.3, 0.4) is 0 Å². The van der Waals surface area contributed by atoms with Gasteiger partial charge in [-0.15, -0.1) is 0 Å². The van der Waals surface area contributed by atoms with Gasteiger partial charge < -0.3 is 10.2 Å². The average Bonchev–Trinajstić information content (AvgIpc) is 2.90. The monoisotopic (exact) mass is 607 g/mol. The van der Waals surface area contributed by atoms with Gasteiger partial charge in [-0.25, -0.2) is 12.8 Å². The Hall–Kier alpha value is -3.14. The first-order valence-electron chi connectivity index (χ1n) is 12.7. The molecule has 0 aromatic heterocycles. The minimum Gasteiger partial charge on any atom is -0.354 e. The number of benzene rings is 3. The fourth-order valence-electron chi connectivity index (χ4n) is 3.86. The van der Waals surface area contributed by atoms with E-state index in [2.05, 4.69) is 5.32 Å². The minimum absolute atomic E-state index is 0.0429. The Bertz CT molecular complexity index is 1430. The van der Waals surface area contributed by atoms with E-state index in [1.54, 1.807) is 37.3 Å². The molecule has 214 valence electrons. The van der Waals surface area contributed by atoms with Crippen molar-refractivity contribution < 1.29 is 22.4 Å². The molecule has 0 fully saturated rings. The van der Waals surface area contributed by atoms with E-state index in [1.807, 2.05) is 20.8 Å². The van der Waals surface area contributed by atoms with E-state index in [4.69, 9.17) is 23.2 Å². The van der Waals surface area contributed by atoms with Gasteiger partial charge in [-0.1, -0.05) is 60.8 Å². The summed E-state index contributed by atoms with van der Waals surface area (Å²) in [6.45, 7) is 6.83. The highest BCUT2D eigenvalue weighted by atomic mass is 35.5. The number of hydrogen-bond acceptors (Lipinski definition) is 4. The summed E-state index contributed by atoms with van der Waals surface area (Å²) in [5.41, 5.74) is 1.35. The van der Waals surface area contributed by atoms with Crippen LogP contribution in [0.15, 0.2) is 71.6 Å². The fraction of sp³-hybridized carbons (Fsp3) is 0.310. The van der Waals surface area contributed by atoms with Gasteiger partial charge in [0.1, 0.15) is 18.4 Å². The number of hydrogen-bond donors (Lipinski definition) is 1. The molecule has 2 amide bonds. The smallest absolute Gasteiger partial charge is 0.264 e. The SMILES string of the molecule is Cc1ccc(S(=O)(=O)N(CC(=O)N(Cc2c(Cl)cccc2Cl)[C@@H](C)C(=O)NCC(C)C)c2ccc(F)cc2)cc1. The molecule has 0 saturated carbocycles. The first-order valence-corrected chi connectivity index (χ1v) is 14.9. The molecule has 40 heavy (non-hydrogen) atoms. The Labute approximate surface area is 244 Å². The van der Waals surface area contributed by atoms with Gasteiger partial charge in [-0.05, 0) is 68.3 Å². The molecule has 7 nitrogen and oxygen atoms in total. The predicted octanol–water partition coefficient (Wildman–Crippen LogP) is 5.83. The summed E-state index contributed by atoms with van der Waals surface area (Å²) >= 11 is 12.8. The molecule has 11 heteroatoms. The van der Waals surface area contributed by atoms with Crippen LogP contribution in [0.5, 0.6) is 0 Å². The van der Waals surface area contributed by atoms with Crippen LogP contribution in [0.25, 0.3) is 0 Å². The van der Waals surface area contributed by atoms with Gasteiger partial charge >= 0.3 is 0 Å². The second-order valence-corrected chi connectivity index (χ2v) is 12.5. The molecule has 0 bridgehead atoms. The maximum absolute atomic E-state index is 13.9. The van der Waals surface area contributed by atoms with Crippen LogP contribution < -0.4 is 9.62 Å². The fourth-order valence-corrected chi connectivity index (χ4v) is 5.79. The van der Waals surface area contributed by atoms with Crippen LogP contribution in [-0.2, 0) is 26.2 Å². The molecule has 0 spiro atoms. The minimum atomic E-state index is -4.26. The Kier molecular flexibility index (Phi) is 10.6. The quantitative estimate of drug-likeness (QED) is 0.297. The van der Waals surface area contributed by atoms with Crippen molar-refractivity contribution in [2.24, 2.45) is 5.92 Å². The lowest BCUT2D eigenvalue weighted by molar-refractivity contribution is -0.139. The van der Waals surface area contributed by atoms with E-state index in [-0.39, 0.29) is 23.0 Å². The Morgan fingerprint density at radius 3 is 2.05 bits per heavy atom. The summed E-state index contributed by atoms with van der Waals surface area (Å²) in [6.07, 6.45) is 0. The van der Waals surface area contributed by atoms with Gasteiger partial charge in [0.25, 0.3) is 10.0 Å². The van der Waals surface area contributed by atoms with Gasteiger partial charge in [-0.2, -0.15) is 0 Å². The molecule has 0 aliphatic rings. The Morgan fingerprint density at radius 2 is 1.50 bits per heavy atom. The number of nitrogens with zero attached hydrogens (tertiary/aromatic N) is 2. The normalized spacial score (nSPS) is 12.2. The first-order chi connectivity index (χ1) is 18.8. The molecule has 0 unspecified atom stereocenters. The third-order valence-corrected chi connectivity index (χ3v) is 8.74. The zero-order chi connectivity index (χ0) is 29.6. The Balaban J connectivity index is 2.04. The molecule has 0 radical (unpaired) electrons. The predicted molar refractivity (Wildman–Crippen MR) is 156 cm³/mol. The number of amides is 2. The van der Waals surface area contributed by atoms with Crippen molar-refractivity contribution in [1.29, 1.82) is 0 Å². The van der Waals surface area contributed by atoms with E-state index >= 15 is 0 Å². The van der Waals surface area contributed by atoms with E-state index in [0.717, 1.165) is 22.0 Å². The molecular weight excluding hydrogens is 576 g/mol. The number of aryl methyl sites for hydroxylation is 1. The number of carbonyl (C=O) groups is 2. The largest absolute Gasteiger partial charge is 0.354 e. The number of halogens is 3. The van der Waals surface area contributed by atoms with Crippen LogP contribution in [0.1, 0.15) is 31.9 Å². The third kappa shape index (κ3) is 7.74. The van der Waals surface area contributed by atoms with Crippen LogP contribution in [0.2, 0.25) is 10.0 Å². The van der Waals surface area contributed by atoms with E-state index in [1.165, 1.54) is 29.2 Å². The molecule has 3 rings (SSSR count). The molecule has 0 aliphatic carbocycles. The van der Waals surface area contributed by atoms with Crippen molar-refractivity contribution in [3.05, 3.63) is 93.7 Å². The molecule has 0 aliphatic heterocycles. The average molecular weight is 609 g/mol. The van der Waals surface area contributed by atoms with Crippen molar-refractivity contribution in [2.45, 2.75) is 45.2 Å². The number of anilines is 1. The topological polar surface area (TPSA) is 86.8 Å². The number of carbonyl (C=O) groups excluding carboxylic acids is 2. The lowest BCUT2D eigenvalue weighted by Crippen LogP contribution is -2.51. The van der Waals surface area contributed by atoms with Gasteiger partial charge in [0.15, 0.2) is 0 Å². The number of sulfonamides is 1. The molecule has 1 N–H and O–H groups in total. The van der Waals surface area contributed by atoms with Crippen molar-refractivity contribution in [3.63, 3.8) is 0 Å². The lowest BCUT2D eigenvalue weighted by Gasteiger charge is -2.32. The van der Waals surface area contributed by atoms with Crippen LogP contribution >= 0.6 is 23.2 Å². The van der Waals surface area contributed by atoms with Crippen molar-refractivity contribution in [2.75, 3.05) is 17.4 Å². The van der Waals surface area contributed by atoms with Crippen molar-refractivity contribution in [3.8, 4) is 0 Å². The lowest BCUT2D eigenvalue weighted by atomic mass is 10.1. The number of nitrogens with one attached hydrogen (secondary N) is 1. The van der Waals surface area contributed by atoms with Gasteiger partial charge in [0.2, 0.25) is 11.8 Å². The van der Waals surface area contributed by atoms with Crippen molar-refractivity contribution in [1.82, 2.24) is 10.2 Å². The van der Waals surface area contributed by atoms with Crippen LogP contribution in [0.4, 0.5) is 10.1 Å². The van der Waals surface area contributed by atoms with Gasteiger partial charge in [-0.3, -0.25) is 13.9 Å². The van der Waals surface area contributed by atoms with Gasteiger partial charge in [0.05, 0.1) is 10.6 Å². The highest BCUT2D eigenvalue weighted by Gasteiger charge is 2.33. The van der Waals surface area contributed by atoms with E-state index < -0.39 is 40.2 Å². The van der Waals surface area contributed by atoms with E-state index in [0.29, 0.717) is 22.2 Å². The maximum atomic E-state index is 13.9. The molecule has 0 heterocycles. The van der Waals surface area contributed by atoms with Crippen LogP contribution in [0, 0.1) is 18.7 Å². The second-order valence-electron chi connectivity index (χ2n) is 9.84. The highest BCUT2D eigenvalue weighted by Crippen LogP contribution is 2.28. The second kappa shape index (κ2) is 13.5. The van der Waals surface area contributed by atoms with Gasteiger partial charge in [0, 0.05) is 28.7 Å². The zero-order valence-corrected chi connectivity index (χ0v) is 25.0. The van der Waals surface area contributed by atoms with E-state index in [9.17, 15) is 22.4 Å². The summed E-state index contributed by atoms with van der Waals surface area (Å²) < 4.78 is 42.2. The first kappa shape index (κ1) is 31.4. The molecular formula is C29H32Cl2FN3O4S. The van der Waals surface area contributed by atoms with Crippen molar-refractivity contribution >= 4 is 50.7 Å². The molecule has 3 aromatic rings. The summed E-state index contributed by atoms with van der Waals surface area (Å²) in [4.78, 5) is 28.2. The standard InChI is InChI=1S/C29H32Cl2FN3O4S/c1-19(2)16-33-29(37)21(4)34(17-25-26(30)6-5-7-27(25)31)28(36)18-35(23-12-10-22(32)11-13-23)40(38,39)24-14-8-20(3)9-15-24/h5-15,19,21H,16-18H2,1-4H3,(H,33,37)/t21-/m0/s1. The number of rotatable bonds is 11. The zero-order valence-electron chi connectivity index (χ0n) is 22.7. The molecule has 1 atom stereocenters. The van der Waals surface area contributed by atoms with Crippen LogP contribution in [-0.4, -0.2) is 44.3 Å². The summed E-state index contributed by atoms with van der Waals surface area (Å²) in [6, 6.07) is 14.8. The third-order valence-electron chi connectivity index (χ3n) is 6.24. The highest BCUT2D eigenvalue weighted by molar-refractivity contribution is 7.92. The summed E-state index contributed by atoms with van der Waals surface area (Å²) in [7, 11) is -4.26. The molecule has 0 saturated heterocycles. The Morgan fingerprint density at radius 1 is 0.925 bits per heavy atom. The molecule has 3 aromatic carbocycles. The summed E-state index contributed by atoms with van der Waals surface area (Å²) in [5.74, 6) is -1.48.